The first kappa shape index (κ1) is 24.0. The molecular formula is C19H38N2O2. The van der Waals surface area contributed by atoms with Crippen molar-refractivity contribution >= 4 is 6.09 Å². The maximum Gasteiger partial charge on any atom is 0.410 e. The first-order valence-corrected chi connectivity index (χ1v) is 8.46. The van der Waals surface area contributed by atoms with E-state index in [9.17, 15) is 4.79 Å². The molecule has 1 atom stereocenters. The van der Waals surface area contributed by atoms with Crippen molar-refractivity contribution in [3.05, 3.63) is 23.8 Å². The largest absolute Gasteiger partial charge is 0.444 e. The van der Waals surface area contributed by atoms with Crippen LogP contribution in [0.15, 0.2) is 23.8 Å². The van der Waals surface area contributed by atoms with E-state index in [0.717, 1.165) is 5.57 Å². The smallest absolute Gasteiger partial charge is 0.410 e. The summed E-state index contributed by atoms with van der Waals surface area (Å²) in [7, 11) is 1.74. The van der Waals surface area contributed by atoms with Crippen LogP contribution in [0.25, 0.3) is 0 Å². The molecule has 0 radical (unpaired) electrons. The number of ether oxygens (including phenoxy) is 1. The summed E-state index contributed by atoms with van der Waals surface area (Å²) in [5, 5.41) is 0. The summed E-state index contributed by atoms with van der Waals surface area (Å²) >= 11 is 0. The summed E-state index contributed by atoms with van der Waals surface area (Å²) in [4.78, 5) is 13.6. The van der Waals surface area contributed by atoms with Crippen LogP contribution < -0.4 is 5.73 Å². The molecule has 0 aromatic heterocycles. The monoisotopic (exact) mass is 326 g/mol. The molecule has 0 bridgehead atoms. The topological polar surface area (TPSA) is 55.6 Å². The van der Waals surface area contributed by atoms with Crippen molar-refractivity contribution in [1.82, 2.24) is 4.90 Å². The molecule has 0 saturated carbocycles. The van der Waals surface area contributed by atoms with Gasteiger partial charge in [-0.15, -0.1) is 0 Å². The van der Waals surface area contributed by atoms with Gasteiger partial charge in [0, 0.05) is 19.1 Å². The summed E-state index contributed by atoms with van der Waals surface area (Å²) in [5.41, 5.74) is 6.34. The van der Waals surface area contributed by atoms with E-state index < -0.39 is 11.1 Å². The summed E-state index contributed by atoms with van der Waals surface area (Å²) in [6.45, 7) is 18.2. The summed E-state index contributed by atoms with van der Waals surface area (Å²) < 4.78 is 5.37. The number of nitrogens with zero attached hydrogens (tertiary/aromatic N) is 1. The minimum Gasteiger partial charge on any atom is -0.444 e. The molecule has 23 heavy (non-hydrogen) atoms. The molecule has 0 saturated heterocycles. The van der Waals surface area contributed by atoms with Gasteiger partial charge in [-0.1, -0.05) is 51.5 Å². The van der Waals surface area contributed by atoms with Crippen LogP contribution in [0.2, 0.25) is 0 Å². The van der Waals surface area contributed by atoms with Crippen molar-refractivity contribution in [2.45, 2.75) is 73.5 Å². The molecule has 1 amide bonds. The molecule has 0 aliphatic rings. The first-order chi connectivity index (χ1) is 10.4. The second-order valence-corrected chi connectivity index (χ2v) is 7.08. The van der Waals surface area contributed by atoms with Crippen LogP contribution >= 0.6 is 0 Å². The normalized spacial score (nSPS) is 15.0. The zero-order chi connectivity index (χ0) is 18.8. The quantitative estimate of drug-likeness (QED) is 0.741. The Labute approximate surface area is 143 Å². The Kier molecular flexibility index (Phi) is 10.9. The third-order valence-corrected chi connectivity index (χ3v) is 2.89. The fourth-order valence-electron chi connectivity index (χ4n) is 1.88. The second kappa shape index (κ2) is 10.5. The van der Waals surface area contributed by atoms with Crippen molar-refractivity contribution in [1.29, 1.82) is 0 Å². The van der Waals surface area contributed by atoms with Gasteiger partial charge in [0.05, 0.1) is 0 Å². The van der Waals surface area contributed by atoms with Crippen LogP contribution in [0.5, 0.6) is 0 Å². The lowest BCUT2D eigenvalue weighted by Crippen LogP contribution is -2.37. The predicted octanol–water partition coefficient (Wildman–Crippen LogP) is 4.76. The lowest BCUT2D eigenvalue weighted by molar-refractivity contribution is 0.0310. The standard InChI is InChI=1S/C17H32N2O2.C2H6/c1-9-10-17(7,18)11-14(13(2)3)12-19(8)15(20)21-16(4,5)6;1-2/h9-11,13H,12,18H2,1-8H3;1-2H3/b10-9-,14-11-;. The lowest BCUT2D eigenvalue weighted by Gasteiger charge is -2.27. The number of carbonyl (C=O) groups is 1. The maximum atomic E-state index is 12.0. The fourth-order valence-corrected chi connectivity index (χ4v) is 1.88. The third kappa shape index (κ3) is 11.9. The molecule has 136 valence electrons. The van der Waals surface area contributed by atoms with Gasteiger partial charge in [0.15, 0.2) is 0 Å². The van der Waals surface area contributed by atoms with E-state index in [4.69, 9.17) is 10.5 Å². The number of nitrogens with two attached hydrogens (primary N) is 1. The van der Waals surface area contributed by atoms with Crippen molar-refractivity contribution < 1.29 is 9.53 Å². The molecule has 1 unspecified atom stereocenters. The Bertz CT molecular complexity index is 402. The van der Waals surface area contributed by atoms with Gasteiger partial charge in [-0.3, -0.25) is 0 Å². The molecule has 0 aromatic carbocycles. The van der Waals surface area contributed by atoms with Gasteiger partial charge in [-0.2, -0.15) is 0 Å². The Hall–Kier alpha value is -1.29. The van der Waals surface area contributed by atoms with E-state index in [1.807, 2.05) is 66.7 Å². The lowest BCUT2D eigenvalue weighted by atomic mass is 9.93. The molecule has 0 aliphatic heterocycles. The summed E-state index contributed by atoms with van der Waals surface area (Å²) in [6.07, 6.45) is 5.59. The highest BCUT2D eigenvalue weighted by Crippen LogP contribution is 2.18. The Morgan fingerprint density at radius 1 is 1.22 bits per heavy atom. The SMILES string of the molecule is C/C=C\C(C)(N)/C=C(/CN(C)C(=O)OC(C)(C)C)C(C)C.CC. The second-order valence-electron chi connectivity index (χ2n) is 7.08. The minimum absolute atomic E-state index is 0.308. The highest BCUT2D eigenvalue weighted by molar-refractivity contribution is 5.68. The Balaban J connectivity index is 0. The number of rotatable bonds is 5. The van der Waals surface area contributed by atoms with Crippen molar-refractivity contribution in [2.75, 3.05) is 13.6 Å². The number of carbonyl (C=O) groups excluding carboxylic acids is 1. The predicted molar refractivity (Wildman–Crippen MR) is 101 cm³/mol. The van der Waals surface area contributed by atoms with Gasteiger partial charge in [0.2, 0.25) is 0 Å². The van der Waals surface area contributed by atoms with E-state index in [-0.39, 0.29) is 6.09 Å². The van der Waals surface area contributed by atoms with Crippen molar-refractivity contribution in [3.63, 3.8) is 0 Å². The van der Waals surface area contributed by atoms with E-state index in [1.165, 1.54) is 0 Å². The highest BCUT2D eigenvalue weighted by Gasteiger charge is 2.22. The third-order valence-electron chi connectivity index (χ3n) is 2.89. The average Bonchev–Trinajstić information content (AvgIpc) is 2.37. The van der Waals surface area contributed by atoms with Crippen LogP contribution in [0, 0.1) is 5.92 Å². The van der Waals surface area contributed by atoms with E-state index in [1.54, 1.807) is 11.9 Å². The van der Waals surface area contributed by atoms with Gasteiger partial charge in [-0.05, 0) is 40.5 Å². The van der Waals surface area contributed by atoms with Crippen LogP contribution in [0.1, 0.15) is 62.3 Å². The molecule has 0 spiro atoms. The maximum absolute atomic E-state index is 12.0. The van der Waals surface area contributed by atoms with Gasteiger partial charge in [-0.25, -0.2) is 4.79 Å². The Morgan fingerprint density at radius 2 is 1.70 bits per heavy atom. The van der Waals surface area contributed by atoms with E-state index >= 15 is 0 Å². The summed E-state index contributed by atoms with van der Waals surface area (Å²) in [6, 6.07) is 0. The molecule has 0 aromatic rings. The minimum atomic E-state index is -0.511. The molecular weight excluding hydrogens is 288 g/mol. The molecule has 0 aliphatic carbocycles. The van der Waals surface area contributed by atoms with E-state index in [2.05, 4.69) is 13.8 Å². The van der Waals surface area contributed by atoms with Crippen LogP contribution in [0.4, 0.5) is 4.79 Å². The number of likely N-dealkylation sites (N-methyl/N-ethyl adjacent to an activating group) is 1. The van der Waals surface area contributed by atoms with Crippen LogP contribution in [0.3, 0.4) is 0 Å². The zero-order valence-electron chi connectivity index (χ0n) is 16.9. The molecule has 4 heteroatoms. The molecule has 4 nitrogen and oxygen atoms in total. The number of hydrogen-bond donors (Lipinski definition) is 1. The number of allylic oxidation sites excluding steroid dienone is 1. The highest BCUT2D eigenvalue weighted by atomic mass is 16.6. The zero-order valence-corrected chi connectivity index (χ0v) is 16.9. The van der Waals surface area contributed by atoms with Gasteiger partial charge in [0.25, 0.3) is 0 Å². The molecule has 0 fully saturated rings. The van der Waals surface area contributed by atoms with Gasteiger partial charge in [0.1, 0.15) is 5.60 Å². The van der Waals surface area contributed by atoms with Crippen LogP contribution in [-0.2, 0) is 4.74 Å². The number of hydrogen-bond acceptors (Lipinski definition) is 3. The fraction of sp³-hybridized carbons (Fsp3) is 0.737. The first-order valence-electron chi connectivity index (χ1n) is 8.46. The molecule has 0 rings (SSSR count). The van der Waals surface area contributed by atoms with E-state index in [0.29, 0.717) is 12.5 Å². The van der Waals surface area contributed by atoms with Crippen molar-refractivity contribution in [2.24, 2.45) is 11.7 Å². The summed E-state index contributed by atoms with van der Waals surface area (Å²) in [5.74, 6) is 0.308. The molecule has 2 N–H and O–H groups in total. The van der Waals surface area contributed by atoms with Gasteiger partial charge >= 0.3 is 6.09 Å². The van der Waals surface area contributed by atoms with Crippen molar-refractivity contribution in [3.8, 4) is 0 Å². The Morgan fingerprint density at radius 3 is 2.04 bits per heavy atom. The van der Waals surface area contributed by atoms with Crippen LogP contribution in [-0.4, -0.2) is 35.7 Å². The molecule has 0 heterocycles. The van der Waals surface area contributed by atoms with Gasteiger partial charge < -0.3 is 15.4 Å². The number of amides is 1. The average molecular weight is 327 g/mol.